The number of hydrogen-bond donors (Lipinski definition) is 1. The highest BCUT2D eigenvalue weighted by molar-refractivity contribution is 6.31. The zero-order chi connectivity index (χ0) is 14.0. The minimum Gasteiger partial charge on any atom is -0.388 e. The van der Waals surface area contributed by atoms with Crippen molar-refractivity contribution in [3.05, 3.63) is 69.7 Å². The van der Waals surface area contributed by atoms with E-state index in [1.165, 1.54) is 18.2 Å². The molecule has 2 rings (SSSR count). The Hall–Kier alpha value is -1.45. The summed E-state index contributed by atoms with van der Waals surface area (Å²) in [5.41, 5.74) is 1.50. The van der Waals surface area contributed by atoms with E-state index in [9.17, 15) is 13.9 Å². The van der Waals surface area contributed by atoms with Crippen LogP contribution in [0.4, 0.5) is 8.78 Å². The maximum absolute atomic E-state index is 13.6. The molecule has 0 fully saturated rings. The summed E-state index contributed by atoms with van der Waals surface area (Å²) in [7, 11) is 0. The average Bonchev–Trinajstić information content (AvgIpc) is 2.38. The molecule has 0 saturated carbocycles. The fourth-order valence-electron chi connectivity index (χ4n) is 1.94. The molecule has 0 aliphatic carbocycles. The van der Waals surface area contributed by atoms with Gasteiger partial charge in [-0.3, -0.25) is 0 Å². The fraction of sp³-hybridized carbons (Fsp3) is 0.200. The minimum absolute atomic E-state index is 0.0328. The monoisotopic (exact) mass is 282 g/mol. The molecule has 0 aliphatic heterocycles. The lowest BCUT2D eigenvalue weighted by atomic mass is 9.99. The second kappa shape index (κ2) is 5.68. The van der Waals surface area contributed by atoms with Crippen molar-refractivity contribution in [1.29, 1.82) is 0 Å². The van der Waals surface area contributed by atoms with Gasteiger partial charge in [0, 0.05) is 12.0 Å². The summed E-state index contributed by atoms with van der Waals surface area (Å²) in [6.07, 6.45) is -0.990. The number of aliphatic hydroxyl groups is 1. The highest BCUT2D eigenvalue weighted by atomic mass is 35.5. The Morgan fingerprint density at radius 2 is 1.89 bits per heavy atom. The Morgan fingerprint density at radius 1 is 1.16 bits per heavy atom. The molecule has 1 nitrogen and oxygen atoms in total. The Balaban J connectivity index is 2.28. The van der Waals surface area contributed by atoms with Gasteiger partial charge in [-0.05, 0) is 24.6 Å². The number of halogens is 3. The van der Waals surface area contributed by atoms with E-state index in [1.54, 1.807) is 18.2 Å². The van der Waals surface area contributed by atoms with Crippen LogP contribution >= 0.6 is 11.6 Å². The number of rotatable bonds is 3. The van der Waals surface area contributed by atoms with Gasteiger partial charge in [-0.2, -0.15) is 0 Å². The third-order valence-electron chi connectivity index (χ3n) is 2.96. The van der Waals surface area contributed by atoms with Crippen LogP contribution in [-0.2, 0) is 6.42 Å². The summed E-state index contributed by atoms with van der Waals surface area (Å²) in [5.74, 6) is -1.03. The number of benzene rings is 2. The molecule has 0 aliphatic rings. The van der Waals surface area contributed by atoms with Gasteiger partial charge in [-0.25, -0.2) is 8.78 Å². The molecular weight excluding hydrogens is 270 g/mol. The van der Waals surface area contributed by atoms with Crippen LogP contribution in [0.3, 0.4) is 0 Å². The van der Waals surface area contributed by atoms with Gasteiger partial charge in [0.25, 0.3) is 0 Å². The van der Waals surface area contributed by atoms with Crippen LogP contribution in [0.15, 0.2) is 36.4 Å². The van der Waals surface area contributed by atoms with E-state index in [2.05, 4.69) is 0 Å². The number of aliphatic hydroxyl groups excluding tert-OH is 1. The van der Waals surface area contributed by atoms with Gasteiger partial charge in [0.05, 0.1) is 11.1 Å². The summed E-state index contributed by atoms with van der Waals surface area (Å²) >= 11 is 5.82. The van der Waals surface area contributed by atoms with E-state index in [-0.39, 0.29) is 17.0 Å². The Morgan fingerprint density at radius 3 is 2.63 bits per heavy atom. The van der Waals surface area contributed by atoms with Gasteiger partial charge in [-0.15, -0.1) is 0 Å². The number of hydrogen-bond acceptors (Lipinski definition) is 1. The minimum atomic E-state index is -1.06. The molecule has 2 aromatic rings. The molecular formula is C15H13ClF2O. The molecule has 0 heterocycles. The number of aryl methyl sites for hydroxylation is 1. The van der Waals surface area contributed by atoms with Crippen LogP contribution in [0.5, 0.6) is 0 Å². The van der Waals surface area contributed by atoms with Gasteiger partial charge in [-0.1, -0.05) is 41.4 Å². The molecule has 0 spiro atoms. The first-order chi connectivity index (χ1) is 8.99. The molecule has 1 atom stereocenters. The molecule has 0 amide bonds. The maximum Gasteiger partial charge on any atom is 0.142 e. The van der Waals surface area contributed by atoms with Crippen molar-refractivity contribution in [3.8, 4) is 0 Å². The quantitative estimate of drug-likeness (QED) is 0.894. The van der Waals surface area contributed by atoms with Gasteiger partial charge in [0.1, 0.15) is 11.6 Å². The van der Waals surface area contributed by atoms with Crippen LogP contribution in [0, 0.1) is 18.6 Å². The fourth-order valence-corrected chi connectivity index (χ4v) is 2.15. The lowest BCUT2D eigenvalue weighted by molar-refractivity contribution is 0.173. The van der Waals surface area contributed by atoms with Gasteiger partial charge in [0.2, 0.25) is 0 Å². The lowest BCUT2D eigenvalue weighted by Crippen LogP contribution is -2.05. The van der Waals surface area contributed by atoms with Crippen LogP contribution in [0.2, 0.25) is 5.02 Å². The predicted molar refractivity (Wildman–Crippen MR) is 71.2 cm³/mol. The molecule has 2 aromatic carbocycles. The van der Waals surface area contributed by atoms with E-state index in [0.29, 0.717) is 5.56 Å². The highest BCUT2D eigenvalue weighted by Gasteiger charge is 2.16. The van der Waals surface area contributed by atoms with Crippen molar-refractivity contribution < 1.29 is 13.9 Å². The molecule has 100 valence electrons. The van der Waals surface area contributed by atoms with Crippen molar-refractivity contribution in [1.82, 2.24) is 0 Å². The first-order valence-corrected chi connectivity index (χ1v) is 6.24. The molecule has 19 heavy (non-hydrogen) atoms. The molecule has 1 unspecified atom stereocenters. The Kier molecular flexibility index (Phi) is 4.17. The van der Waals surface area contributed by atoms with E-state index < -0.39 is 17.7 Å². The van der Waals surface area contributed by atoms with Crippen LogP contribution in [-0.4, -0.2) is 5.11 Å². The largest absolute Gasteiger partial charge is 0.388 e. The summed E-state index contributed by atoms with van der Waals surface area (Å²) in [4.78, 5) is 0. The Bertz CT molecular complexity index is 599. The molecule has 0 radical (unpaired) electrons. The normalized spacial score (nSPS) is 12.5. The molecule has 0 saturated heterocycles. The summed E-state index contributed by atoms with van der Waals surface area (Å²) in [6.45, 7) is 1.81. The van der Waals surface area contributed by atoms with Gasteiger partial charge < -0.3 is 5.11 Å². The summed E-state index contributed by atoms with van der Waals surface area (Å²) in [6, 6.07) is 8.87. The van der Waals surface area contributed by atoms with Gasteiger partial charge >= 0.3 is 0 Å². The smallest absolute Gasteiger partial charge is 0.142 e. The lowest BCUT2D eigenvalue weighted by Gasteiger charge is -2.14. The van der Waals surface area contributed by atoms with Crippen LogP contribution in [0.25, 0.3) is 0 Å². The predicted octanol–water partition coefficient (Wildman–Crippen LogP) is 4.20. The van der Waals surface area contributed by atoms with E-state index in [0.717, 1.165) is 5.56 Å². The molecule has 0 bridgehead atoms. The molecule has 4 heteroatoms. The van der Waals surface area contributed by atoms with E-state index in [4.69, 9.17) is 11.6 Å². The van der Waals surface area contributed by atoms with Crippen molar-refractivity contribution >= 4 is 11.6 Å². The average molecular weight is 283 g/mol. The van der Waals surface area contributed by atoms with Gasteiger partial charge in [0.15, 0.2) is 0 Å². The highest BCUT2D eigenvalue weighted by Crippen LogP contribution is 2.27. The second-order valence-electron chi connectivity index (χ2n) is 4.46. The summed E-state index contributed by atoms with van der Waals surface area (Å²) in [5, 5.41) is 10.0. The maximum atomic E-state index is 13.6. The SMILES string of the molecule is Cc1ccc(F)c(C(O)Cc2cccc(F)c2Cl)c1. The van der Waals surface area contributed by atoms with Crippen molar-refractivity contribution in [2.75, 3.05) is 0 Å². The van der Waals surface area contributed by atoms with E-state index >= 15 is 0 Å². The first kappa shape index (κ1) is 14.0. The second-order valence-corrected chi connectivity index (χ2v) is 4.84. The zero-order valence-corrected chi connectivity index (χ0v) is 11.1. The van der Waals surface area contributed by atoms with Crippen molar-refractivity contribution in [2.45, 2.75) is 19.4 Å². The standard InChI is InChI=1S/C15H13ClF2O/c1-9-5-6-12(17)11(7-9)14(19)8-10-3-2-4-13(18)15(10)16/h2-7,14,19H,8H2,1H3. The van der Waals surface area contributed by atoms with Crippen LogP contribution in [0.1, 0.15) is 22.8 Å². The Labute approximate surface area is 115 Å². The third kappa shape index (κ3) is 3.11. The molecule has 0 aromatic heterocycles. The third-order valence-corrected chi connectivity index (χ3v) is 3.38. The van der Waals surface area contributed by atoms with E-state index in [1.807, 2.05) is 6.92 Å². The van der Waals surface area contributed by atoms with Crippen molar-refractivity contribution in [3.63, 3.8) is 0 Å². The molecule has 1 N–H and O–H groups in total. The first-order valence-electron chi connectivity index (χ1n) is 5.86. The summed E-state index contributed by atoms with van der Waals surface area (Å²) < 4.78 is 26.9. The topological polar surface area (TPSA) is 20.2 Å². The van der Waals surface area contributed by atoms with Crippen molar-refractivity contribution in [2.24, 2.45) is 0 Å². The zero-order valence-electron chi connectivity index (χ0n) is 10.3. The van der Waals surface area contributed by atoms with Crippen LogP contribution < -0.4 is 0 Å².